The largest absolute Gasteiger partial charge is 0.378 e. The Hall–Kier alpha value is -1.59. The molecule has 2 nitrogen and oxygen atoms in total. The molecule has 1 aromatic rings. The van der Waals surface area contributed by atoms with Crippen molar-refractivity contribution in [2.75, 3.05) is 6.61 Å². The van der Waals surface area contributed by atoms with Crippen molar-refractivity contribution in [1.29, 1.82) is 5.26 Å². The first-order valence-electron chi connectivity index (χ1n) is 8.06. The van der Waals surface area contributed by atoms with E-state index in [1.54, 1.807) is 0 Å². The van der Waals surface area contributed by atoms with E-state index in [4.69, 9.17) is 10.00 Å². The maximum atomic E-state index is 8.84. The van der Waals surface area contributed by atoms with Crippen molar-refractivity contribution in [2.45, 2.75) is 57.5 Å². The molecule has 0 saturated heterocycles. The van der Waals surface area contributed by atoms with Crippen LogP contribution in [0.15, 0.2) is 36.4 Å². The van der Waals surface area contributed by atoms with E-state index in [9.17, 15) is 0 Å². The molecule has 0 spiro atoms. The Kier molecular flexibility index (Phi) is 6.50. The molecule has 2 heteroatoms. The fourth-order valence-corrected chi connectivity index (χ4v) is 3.01. The van der Waals surface area contributed by atoms with Crippen LogP contribution < -0.4 is 0 Å². The molecule has 112 valence electrons. The zero-order valence-corrected chi connectivity index (χ0v) is 12.9. The minimum absolute atomic E-state index is 0.449. The zero-order chi connectivity index (χ0) is 14.9. The second-order valence-corrected chi connectivity index (χ2v) is 5.79. The van der Waals surface area contributed by atoms with Crippen LogP contribution in [-0.2, 0) is 4.74 Å². The summed E-state index contributed by atoms with van der Waals surface area (Å²) in [4.78, 5) is 0. The van der Waals surface area contributed by atoms with Crippen molar-refractivity contribution in [3.8, 4) is 6.07 Å². The molecule has 0 bridgehead atoms. The van der Waals surface area contributed by atoms with Gasteiger partial charge in [0.2, 0.25) is 0 Å². The van der Waals surface area contributed by atoms with Gasteiger partial charge in [-0.25, -0.2) is 0 Å². The highest BCUT2D eigenvalue weighted by atomic mass is 16.5. The van der Waals surface area contributed by atoms with Crippen LogP contribution >= 0.6 is 0 Å². The molecule has 1 aliphatic carbocycles. The van der Waals surface area contributed by atoms with Gasteiger partial charge in [0.15, 0.2) is 0 Å². The lowest BCUT2D eigenvalue weighted by Gasteiger charge is -2.29. The van der Waals surface area contributed by atoms with Crippen LogP contribution in [0, 0.1) is 11.3 Å². The lowest BCUT2D eigenvalue weighted by atomic mass is 9.82. The molecular weight excluding hydrogens is 258 g/mol. The van der Waals surface area contributed by atoms with Gasteiger partial charge in [-0.05, 0) is 69.1 Å². The highest BCUT2D eigenvalue weighted by Gasteiger charge is 2.22. The second-order valence-electron chi connectivity index (χ2n) is 5.79. The number of hydrogen-bond donors (Lipinski definition) is 0. The smallest absolute Gasteiger partial charge is 0.0991 e. The number of allylic oxidation sites excluding steroid dienone is 2. The molecule has 0 unspecified atom stereocenters. The van der Waals surface area contributed by atoms with Crippen LogP contribution in [-0.4, -0.2) is 12.7 Å². The number of nitriles is 1. The van der Waals surface area contributed by atoms with Gasteiger partial charge in [-0.2, -0.15) is 5.26 Å². The van der Waals surface area contributed by atoms with Crippen LogP contribution in [0.4, 0.5) is 0 Å². The molecule has 0 amide bonds. The molecule has 0 aliphatic heterocycles. The number of nitrogens with zero attached hydrogens (tertiary/aromatic N) is 1. The zero-order valence-electron chi connectivity index (χ0n) is 12.9. The lowest BCUT2D eigenvalue weighted by molar-refractivity contribution is 0.0238. The van der Waals surface area contributed by atoms with E-state index in [2.05, 4.69) is 37.3 Å². The quantitative estimate of drug-likeness (QED) is 0.546. The lowest BCUT2D eigenvalue weighted by Crippen LogP contribution is -2.21. The minimum Gasteiger partial charge on any atom is -0.378 e. The van der Waals surface area contributed by atoms with Gasteiger partial charge in [0.25, 0.3) is 0 Å². The third kappa shape index (κ3) is 5.02. The van der Waals surface area contributed by atoms with Crippen molar-refractivity contribution in [1.82, 2.24) is 0 Å². The molecule has 0 heterocycles. The molecule has 0 atom stereocenters. The highest BCUT2D eigenvalue weighted by Crippen LogP contribution is 2.34. The molecule has 0 radical (unpaired) electrons. The summed E-state index contributed by atoms with van der Waals surface area (Å²) in [5.41, 5.74) is 2.12. The first kappa shape index (κ1) is 15.8. The van der Waals surface area contributed by atoms with Gasteiger partial charge in [-0.3, -0.25) is 0 Å². The highest BCUT2D eigenvalue weighted by molar-refractivity contribution is 5.33. The van der Waals surface area contributed by atoms with Crippen molar-refractivity contribution < 1.29 is 4.74 Å². The monoisotopic (exact) mass is 283 g/mol. The minimum atomic E-state index is 0.449. The van der Waals surface area contributed by atoms with Crippen LogP contribution in [0.5, 0.6) is 0 Å². The van der Waals surface area contributed by atoms with E-state index in [0.29, 0.717) is 12.0 Å². The van der Waals surface area contributed by atoms with Gasteiger partial charge < -0.3 is 4.74 Å². The topological polar surface area (TPSA) is 33.0 Å². The Labute approximate surface area is 128 Å². The molecule has 1 aromatic carbocycles. The Balaban J connectivity index is 1.71. The third-order valence-corrected chi connectivity index (χ3v) is 4.29. The summed E-state index contributed by atoms with van der Waals surface area (Å²) in [6, 6.07) is 10.3. The van der Waals surface area contributed by atoms with Gasteiger partial charge in [0.1, 0.15) is 0 Å². The first-order valence-corrected chi connectivity index (χ1v) is 8.06. The summed E-state index contributed by atoms with van der Waals surface area (Å²) < 4.78 is 5.97. The summed E-state index contributed by atoms with van der Waals surface area (Å²) in [6.45, 7) is 2.95. The maximum Gasteiger partial charge on any atom is 0.0991 e. The first-order chi connectivity index (χ1) is 10.3. The standard InChI is InChI=1S/C19H25NO/c1-2-3-4-5-14-21-19-12-10-18(11-13-19)17-8-6-16(15-20)7-9-17/h2-3,6-9,18-19H,4-5,10-14H2,1H3/b3-2+. The van der Waals surface area contributed by atoms with Crippen molar-refractivity contribution in [3.05, 3.63) is 47.5 Å². The molecule has 1 aliphatic rings. The molecule has 21 heavy (non-hydrogen) atoms. The number of hydrogen-bond acceptors (Lipinski definition) is 2. The molecule has 2 rings (SSSR count). The van der Waals surface area contributed by atoms with Gasteiger partial charge in [0, 0.05) is 6.61 Å². The van der Waals surface area contributed by atoms with E-state index in [1.165, 1.54) is 18.4 Å². The molecule has 1 fully saturated rings. The molecule has 0 N–H and O–H groups in total. The summed E-state index contributed by atoms with van der Waals surface area (Å²) in [7, 11) is 0. The maximum absolute atomic E-state index is 8.84. The Morgan fingerprint density at radius 2 is 1.90 bits per heavy atom. The number of ether oxygens (including phenoxy) is 1. The average Bonchev–Trinajstić information content (AvgIpc) is 2.55. The SMILES string of the molecule is C/C=C/CCCOC1CCC(c2ccc(C#N)cc2)CC1. The summed E-state index contributed by atoms with van der Waals surface area (Å²) in [5.74, 6) is 0.639. The predicted molar refractivity (Wildman–Crippen MR) is 86.2 cm³/mol. The van der Waals surface area contributed by atoms with E-state index >= 15 is 0 Å². The Morgan fingerprint density at radius 1 is 1.19 bits per heavy atom. The van der Waals surface area contributed by atoms with Crippen molar-refractivity contribution in [3.63, 3.8) is 0 Å². The van der Waals surface area contributed by atoms with Crippen LogP contribution in [0.25, 0.3) is 0 Å². The van der Waals surface area contributed by atoms with Crippen molar-refractivity contribution >= 4 is 0 Å². The van der Waals surface area contributed by atoms with E-state index in [0.717, 1.165) is 37.9 Å². The van der Waals surface area contributed by atoms with Crippen LogP contribution in [0.3, 0.4) is 0 Å². The van der Waals surface area contributed by atoms with E-state index in [1.807, 2.05) is 12.1 Å². The number of unbranched alkanes of at least 4 members (excludes halogenated alkanes) is 1. The fourth-order valence-electron chi connectivity index (χ4n) is 3.01. The average molecular weight is 283 g/mol. The summed E-state index contributed by atoms with van der Waals surface area (Å²) in [5, 5.41) is 8.84. The predicted octanol–water partition coefficient (Wildman–Crippen LogP) is 4.96. The molecular formula is C19H25NO. The fraction of sp³-hybridized carbons (Fsp3) is 0.526. The Bertz CT molecular complexity index is 475. The third-order valence-electron chi connectivity index (χ3n) is 4.29. The summed E-state index contributed by atoms with van der Waals surface area (Å²) >= 11 is 0. The van der Waals surface area contributed by atoms with Gasteiger partial charge >= 0.3 is 0 Å². The summed E-state index contributed by atoms with van der Waals surface area (Å²) in [6.07, 6.45) is 11.7. The van der Waals surface area contributed by atoms with Gasteiger partial charge in [-0.15, -0.1) is 0 Å². The van der Waals surface area contributed by atoms with E-state index in [-0.39, 0.29) is 0 Å². The van der Waals surface area contributed by atoms with Crippen LogP contribution in [0.2, 0.25) is 0 Å². The molecule has 0 aromatic heterocycles. The van der Waals surface area contributed by atoms with Gasteiger partial charge in [0.05, 0.1) is 17.7 Å². The van der Waals surface area contributed by atoms with Crippen LogP contribution in [0.1, 0.15) is 62.5 Å². The Morgan fingerprint density at radius 3 is 2.52 bits per heavy atom. The van der Waals surface area contributed by atoms with Crippen molar-refractivity contribution in [2.24, 2.45) is 0 Å². The number of benzene rings is 1. The van der Waals surface area contributed by atoms with Gasteiger partial charge in [-0.1, -0.05) is 24.3 Å². The van der Waals surface area contributed by atoms with E-state index < -0.39 is 0 Å². The molecule has 1 saturated carbocycles. The number of rotatable bonds is 6. The second kappa shape index (κ2) is 8.64. The normalized spacial score (nSPS) is 22.3.